The molecule has 106 valence electrons. The van der Waals surface area contributed by atoms with Gasteiger partial charge in [-0.05, 0) is 40.2 Å². The number of carbonyl (C=O) groups excluding carboxylic acids is 1. The van der Waals surface area contributed by atoms with Gasteiger partial charge in [0.15, 0.2) is 18.0 Å². The summed E-state index contributed by atoms with van der Waals surface area (Å²) in [6.07, 6.45) is 1.62. The molecule has 0 aliphatic rings. The van der Waals surface area contributed by atoms with Crippen LogP contribution in [0.15, 0.2) is 41.1 Å². The second-order valence-corrected chi connectivity index (χ2v) is 5.29. The van der Waals surface area contributed by atoms with Crippen LogP contribution in [0.5, 0.6) is 0 Å². The van der Waals surface area contributed by atoms with Gasteiger partial charge in [0.05, 0.1) is 0 Å². The van der Waals surface area contributed by atoms with Crippen LogP contribution in [-0.2, 0) is 0 Å². The van der Waals surface area contributed by atoms with Crippen molar-refractivity contribution < 1.29 is 8.68 Å². The molecule has 0 saturated carbocycles. The molecule has 0 aliphatic heterocycles. The number of anilines is 1. The van der Waals surface area contributed by atoms with E-state index in [1.807, 2.05) is 6.07 Å². The summed E-state index contributed by atoms with van der Waals surface area (Å²) in [5.41, 5.74) is 0.585. The molecule has 0 bridgehead atoms. The van der Waals surface area contributed by atoms with Crippen molar-refractivity contribution in [3.05, 3.63) is 46.8 Å². The van der Waals surface area contributed by atoms with E-state index in [4.69, 9.17) is 0 Å². The quantitative estimate of drug-likeness (QED) is 0.769. The minimum Gasteiger partial charge on any atom is -0.305 e. The highest BCUT2D eigenvalue weighted by atomic mass is 79.9. The lowest BCUT2D eigenvalue weighted by molar-refractivity contribution is 0.102. The van der Waals surface area contributed by atoms with E-state index in [-0.39, 0.29) is 18.0 Å². The first-order chi connectivity index (χ1) is 10.2. The number of hydrogen-bond acceptors (Lipinski definition) is 5. The molecule has 3 rings (SSSR count). The Kier molecular flexibility index (Phi) is 3.84. The standard InChI is InChI=1S/C12H7BrFN5OS/c13-9-6-8(19(18-9)21-14)12(20)17-10-4-3-7-2-1-5-15-11(7)16-10/h1-6H,(H,15,16,17,20). The first-order valence-electron chi connectivity index (χ1n) is 5.75. The van der Waals surface area contributed by atoms with Crippen LogP contribution in [0.3, 0.4) is 0 Å². The number of nitrogens with zero attached hydrogens (tertiary/aromatic N) is 4. The summed E-state index contributed by atoms with van der Waals surface area (Å²) < 4.78 is 13.9. The lowest BCUT2D eigenvalue weighted by Gasteiger charge is -2.05. The molecule has 3 aromatic heterocycles. The van der Waals surface area contributed by atoms with E-state index in [1.165, 1.54) is 6.07 Å². The summed E-state index contributed by atoms with van der Waals surface area (Å²) in [5.74, 6) is -0.180. The average Bonchev–Trinajstić information content (AvgIpc) is 2.88. The van der Waals surface area contributed by atoms with Gasteiger partial charge in [-0.15, -0.1) is 3.89 Å². The van der Waals surface area contributed by atoms with E-state index < -0.39 is 5.91 Å². The first kappa shape index (κ1) is 14.0. The van der Waals surface area contributed by atoms with E-state index in [1.54, 1.807) is 24.4 Å². The average molecular weight is 368 g/mol. The number of halogens is 2. The van der Waals surface area contributed by atoms with Crippen LogP contribution in [-0.4, -0.2) is 25.1 Å². The maximum atomic E-state index is 12.7. The molecule has 1 N–H and O–H groups in total. The Morgan fingerprint density at radius 3 is 3.05 bits per heavy atom. The SMILES string of the molecule is O=C(Nc1ccc2cccnc2n1)c1cc(Br)nn1SF. The molecule has 0 atom stereocenters. The largest absolute Gasteiger partial charge is 0.305 e. The van der Waals surface area contributed by atoms with Gasteiger partial charge in [-0.25, -0.2) is 9.97 Å². The second kappa shape index (κ2) is 5.78. The van der Waals surface area contributed by atoms with Crippen LogP contribution in [0.1, 0.15) is 10.5 Å². The summed E-state index contributed by atoms with van der Waals surface area (Å²) in [4.78, 5) is 20.4. The fraction of sp³-hybridized carbons (Fsp3) is 0. The number of amides is 1. The van der Waals surface area contributed by atoms with E-state index >= 15 is 0 Å². The zero-order valence-electron chi connectivity index (χ0n) is 10.3. The number of rotatable bonds is 3. The predicted molar refractivity (Wildman–Crippen MR) is 81.5 cm³/mol. The summed E-state index contributed by atoms with van der Waals surface area (Å²) in [7, 11) is 0. The topological polar surface area (TPSA) is 72.7 Å². The Morgan fingerprint density at radius 2 is 2.24 bits per heavy atom. The van der Waals surface area contributed by atoms with Crippen molar-refractivity contribution in [1.82, 2.24) is 19.2 Å². The van der Waals surface area contributed by atoms with E-state index in [2.05, 4.69) is 36.3 Å². The molecule has 0 unspecified atom stereocenters. The first-order valence-corrected chi connectivity index (χ1v) is 7.22. The zero-order chi connectivity index (χ0) is 14.8. The monoisotopic (exact) mass is 367 g/mol. The number of aromatic nitrogens is 4. The molecule has 0 fully saturated rings. The third kappa shape index (κ3) is 2.88. The molecule has 3 aromatic rings. The van der Waals surface area contributed by atoms with Crippen LogP contribution >= 0.6 is 28.3 Å². The Hall–Kier alpha value is -2.00. The fourth-order valence-electron chi connectivity index (χ4n) is 1.75. The van der Waals surface area contributed by atoms with Gasteiger partial charge in [-0.1, -0.05) is 0 Å². The molecule has 21 heavy (non-hydrogen) atoms. The molecule has 0 saturated heterocycles. The van der Waals surface area contributed by atoms with Gasteiger partial charge in [-0.3, -0.25) is 4.79 Å². The number of fused-ring (bicyclic) bond motifs is 1. The molecule has 0 aliphatic carbocycles. The Morgan fingerprint density at radius 1 is 1.38 bits per heavy atom. The molecular weight excluding hydrogens is 361 g/mol. The zero-order valence-corrected chi connectivity index (χ0v) is 12.7. The number of pyridine rings is 2. The van der Waals surface area contributed by atoms with Gasteiger partial charge in [-0.2, -0.15) is 9.19 Å². The minimum absolute atomic E-state index is 0.0669. The van der Waals surface area contributed by atoms with Crippen LogP contribution in [0.4, 0.5) is 9.70 Å². The fourth-order valence-corrected chi connectivity index (χ4v) is 2.55. The second-order valence-electron chi connectivity index (χ2n) is 3.99. The highest BCUT2D eigenvalue weighted by Gasteiger charge is 2.16. The van der Waals surface area contributed by atoms with E-state index in [9.17, 15) is 8.68 Å². The van der Waals surface area contributed by atoms with Crippen molar-refractivity contribution in [1.29, 1.82) is 0 Å². The third-order valence-corrected chi connectivity index (χ3v) is 3.45. The highest BCUT2D eigenvalue weighted by molar-refractivity contribution is 9.10. The third-order valence-electron chi connectivity index (χ3n) is 2.65. The molecule has 1 amide bonds. The van der Waals surface area contributed by atoms with Crippen molar-refractivity contribution in [3.63, 3.8) is 0 Å². The number of nitrogens with one attached hydrogen (secondary N) is 1. The highest BCUT2D eigenvalue weighted by Crippen LogP contribution is 2.19. The molecule has 0 radical (unpaired) electrons. The van der Waals surface area contributed by atoms with Gasteiger partial charge in [0.1, 0.15) is 16.1 Å². The van der Waals surface area contributed by atoms with Crippen LogP contribution in [0, 0.1) is 0 Å². The molecule has 0 spiro atoms. The van der Waals surface area contributed by atoms with Crippen molar-refractivity contribution in [2.75, 3.05) is 5.32 Å². The van der Waals surface area contributed by atoms with Crippen LogP contribution in [0.2, 0.25) is 0 Å². The van der Waals surface area contributed by atoms with Crippen molar-refractivity contribution in [3.8, 4) is 0 Å². The summed E-state index contributed by atoms with van der Waals surface area (Å²) in [5, 5.41) is 7.22. The molecular formula is C12H7BrFN5OS. The molecule has 6 nitrogen and oxygen atoms in total. The van der Waals surface area contributed by atoms with E-state index in [0.717, 1.165) is 9.47 Å². The van der Waals surface area contributed by atoms with Gasteiger partial charge >= 0.3 is 0 Å². The van der Waals surface area contributed by atoms with Gasteiger partial charge in [0.25, 0.3) is 5.91 Å². The van der Waals surface area contributed by atoms with Crippen molar-refractivity contribution in [2.24, 2.45) is 0 Å². The Balaban J connectivity index is 1.88. The number of hydrogen-bond donors (Lipinski definition) is 1. The predicted octanol–water partition coefficient (Wildman–Crippen LogP) is 3.22. The Labute approximate surface area is 131 Å². The molecule has 3 heterocycles. The van der Waals surface area contributed by atoms with Crippen LogP contribution < -0.4 is 5.32 Å². The van der Waals surface area contributed by atoms with Crippen molar-refractivity contribution in [2.45, 2.75) is 0 Å². The molecule has 9 heteroatoms. The van der Waals surface area contributed by atoms with Crippen LogP contribution in [0.25, 0.3) is 11.0 Å². The van der Waals surface area contributed by atoms with E-state index in [0.29, 0.717) is 16.1 Å². The van der Waals surface area contributed by atoms with Gasteiger partial charge < -0.3 is 5.32 Å². The minimum atomic E-state index is -0.513. The maximum Gasteiger partial charge on any atom is 0.276 e. The van der Waals surface area contributed by atoms with Crippen molar-refractivity contribution >= 4 is 51.0 Å². The molecule has 0 aromatic carbocycles. The summed E-state index contributed by atoms with van der Waals surface area (Å²) in [6.45, 7) is 0. The smallest absolute Gasteiger partial charge is 0.276 e. The lowest BCUT2D eigenvalue weighted by atomic mass is 10.3. The Bertz CT molecular complexity index is 824. The lowest BCUT2D eigenvalue weighted by Crippen LogP contribution is -2.16. The van der Waals surface area contributed by atoms with Gasteiger partial charge in [0, 0.05) is 17.6 Å². The summed E-state index contributed by atoms with van der Waals surface area (Å²) >= 11 is 2.93. The number of carbonyl (C=O) groups is 1. The normalized spacial score (nSPS) is 10.8. The van der Waals surface area contributed by atoms with Gasteiger partial charge in [0.2, 0.25) is 0 Å². The summed E-state index contributed by atoms with van der Waals surface area (Å²) in [6, 6.07) is 8.53. The maximum absolute atomic E-state index is 12.7.